The zero-order valence-corrected chi connectivity index (χ0v) is 10.5. The van der Waals surface area contributed by atoms with Gasteiger partial charge in [-0.3, -0.25) is 4.79 Å². The van der Waals surface area contributed by atoms with Crippen LogP contribution in [0.15, 0.2) is 48.7 Å². The molecule has 0 N–H and O–H groups in total. The molecule has 2 nitrogen and oxygen atoms in total. The lowest BCUT2D eigenvalue weighted by Crippen LogP contribution is -2.47. The number of Topliss-reactive ketones (excluding diaryl/α,β-unsaturated/α-hetero) is 1. The summed E-state index contributed by atoms with van der Waals surface area (Å²) in [6.45, 7) is 2.05. The van der Waals surface area contributed by atoms with Gasteiger partial charge in [0.1, 0.15) is 0 Å². The summed E-state index contributed by atoms with van der Waals surface area (Å²) in [6.07, 6.45) is 3.88. The Balaban J connectivity index is 2.03. The number of carbonyl (C=O) groups is 1. The van der Waals surface area contributed by atoms with Gasteiger partial charge in [0.05, 0.1) is 0 Å². The van der Waals surface area contributed by atoms with Crippen LogP contribution in [0.5, 0.6) is 0 Å². The predicted molar refractivity (Wildman–Crippen MR) is 69.5 cm³/mol. The summed E-state index contributed by atoms with van der Waals surface area (Å²) < 4.78 is 2.10. The molecule has 1 aromatic heterocycles. The Kier molecular flexibility index (Phi) is 2.71. The summed E-state index contributed by atoms with van der Waals surface area (Å²) >= 11 is 0. The molecule has 0 fully saturated rings. The summed E-state index contributed by atoms with van der Waals surface area (Å²) in [5.41, 5.74) is 3.22. The standard InChI is InChI=1S/C16H16NO/c1-12-6-4-5-11-17(12)15-10-9-13-7-2-3-8-14(13)16(15)18/h2-8,11,15H,9-10H2,1H3/q+1/t15-/m0/s1. The largest absolute Gasteiger partial charge is 0.287 e. The number of hydrogen-bond acceptors (Lipinski definition) is 1. The molecule has 0 amide bonds. The van der Waals surface area contributed by atoms with Crippen molar-refractivity contribution in [3.8, 4) is 0 Å². The van der Waals surface area contributed by atoms with Crippen molar-refractivity contribution in [3.05, 3.63) is 65.5 Å². The zero-order chi connectivity index (χ0) is 12.5. The maximum absolute atomic E-state index is 12.5. The first-order chi connectivity index (χ1) is 8.77. The van der Waals surface area contributed by atoms with Crippen LogP contribution in [0.25, 0.3) is 0 Å². The second kappa shape index (κ2) is 4.37. The van der Waals surface area contributed by atoms with Crippen LogP contribution in [0, 0.1) is 6.92 Å². The molecule has 18 heavy (non-hydrogen) atoms. The minimum atomic E-state index is -0.0406. The number of nitrogens with zero attached hydrogens (tertiary/aromatic N) is 1. The highest BCUT2D eigenvalue weighted by atomic mass is 16.1. The Morgan fingerprint density at radius 1 is 1.11 bits per heavy atom. The van der Waals surface area contributed by atoms with Gasteiger partial charge in [-0.1, -0.05) is 30.3 Å². The van der Waals surface area contributed by atoms with Gasteiger partial charge in [-0.15, -0.1) is 0 Å². The fraction of sp³-hybridized carbons (Fsp3) is 0.250. The van der Waals surface area contributed by atoms with Gasteiger partial charge in [0.15, 0.2) is 11.9 Å². The summed E-state index contributed by atoms with van der Waals surface area (Å²) in [7, 11) is 0. The van der Waals surface area contributed by atoms with Crippen LogP contribution in [0.4, 0.5) is 0 Å². The molecule has 1 heterocycles. The van der Waals surface area contributed by atoms with E-state index in [0.717, 1.165) is 24.1 Å². The first-order valence-corrected chi connectivity index (χ1v) is 6.36. The Hall–Kier alpha value is -1.96. The molecule has 0 radical (unpaired) electrons. The molecule has 1 aliphatic carbocycles. The average molecular weight is 238 g/mol. The molecule has 0 bridgehead atoms. The Morgan fingerprint density at radius 3 is 2.72 bits per heavy atom. The molecule has 1 atom stereocenters. The number of carbonyl (C=O) groups excluding carboxylic acids is 1. The van der Waals surface area contributed by atoms with Crippen molar-refractivity contribution in [1.82, 2.24) is 0 Å². The average Bonchev–Trinajstić information content (AvgIpc) is 2.41. The van der Waals surface area contributed by atoms with Gasteiger partial charge in [0, 0.05) is 31.0 Å². The lowest BCUT2D eigenvalue weighted by molar-refractivity contribution is -0.714. The molecule has 1 aliphatic rings. The van der Waals surface area contributed by atoms with Gasteiger partial charge < -0.3 is 0 Å². The molecular weight excluding hydrogens is 222 g/mol. The van der Waals surface area contributed by atoms with Crippen LogP contribution < -0.4 is 4.57 Å². The summed E-state index contributed by atoms with van der Waals surface area (Å²) in [4.78, 5) is 12.5. The zero-order valence-electron chi connectivity index (χ0n) is 10.5. The van der Waals surface area contributed by atoms with Crippen molar-refractivity contribution in [1.29, 1.82) is 0 Å². The van der Waals surface area contributed by atoms with E-state index in [2.05, 4.69) is 10.6 Å². The van der Waals surface area contributed by atoms with E-state index >= 15 is 0 Å². The quantitative estimate of drug-likeness (QED) is 0.700. The number of aryl methyl sites for hydroxylation is 2. The normalized spacial score (nSPS) is 18.5. The van der Waals surface area contributed by atoms with Crippen LogP contribution in [0.3, 0.4) is 0 Å². The minimum absolute atomic E-state index is 0.0406. The first kappa shape index (κ1) is 11.1. The van der Waals surface area contributed by atoms with Crippen molar-refractivity contribution < 1.29 is 9.36 Å². The number of fused-ring (bicyclic) bond motifs is 1. The number of ketones is 1. The smallest absolute Gasteiger partial charge is 0.230 e. The van der Waals surface area contributed by atoms with E-state index in [1.54, 1.807) is 0 Å². The summed E-state index contributed by atoms with van der Waals surface area (Å²) in [5.74, 6) is 0.246. The van der Waals surface area contributed by atoms with E-state index in [-0.39, 0.29) is 11.8 Å². The molecule has 0 unspecified atom stereocenters. The molecule has 3 rings (SSSR count). The summed E-state index contributed by atoms with van der Waals surface area (Å²) in [5, 5.41) is 0. The van der Waals surface area contributed by atoms with Crippen LogP contribution in [-0.4, -0.2) is 5.78 Å². The third-order valence-electron chi connectivity index (χ3n) is 3.71. The predicted octanol–water partition coefficient (Wildman–Crippen LogP) is 2.65. The highest BCUT2D eigenvalue weighted by Gasteiger charge is 2.34. The molecule has 2 aromatic rings. The summed E-state index contributed by atoms with van der Waals surface area (Å²) in [6, 6.07) is 14.0. The monoisotopic (exact) mass is 238 g/mol. The number of benzene rings is 1. The molecule has 2 heteroatoms. The molecule has 0 saturated carbocycles. The number of pyridine rings is 1. The Labute approximate surface area is 107 Å². The van der Waals surface area contributed by atoms with Gasteiger partial charge in [0.2, 0.25) is 11.8 Å². The third-order valence-corrected chi connectivity index (χ3v) is 3.71. The van der Waals surface area contributed by atoms with E-state index < -0.39 is 0 Å². The molecular formula is C16H16NO+. The number of aromatic nitrogens is 1. The highest BCUT2D eigenvalue weighted by molar-refractivity contribution is 6.00. The number of rotatable bonds is 1. The molecule has 0 aliphatic heterocycles. The fourth-order valence-corrected chi connectivity index (χ4v) is 2.74. The van der Waals surface area contributed by atoms with Crippen molar-refractivity contribution >= 4 is 5.78 Å². The second-order valence-corrected chi connectivity index (χ2v) is 4.83. The van der Waals surface area contributed by atoms with Crippen LogP contribution in [0.1, 0.15) is 34.1 Å². The van der Waals surface area contributed by atoms with E-state index in [1.807, 2.05) is 49.5 Å². The van der Waals surface area contributed by atoms with Gasteiger partial charge >= 0.3 is 0 Å². The van der Waals surface area contributed by atoms with E-state index in [9.17, 15) is 4.79 Å². The van der Waals surface area contributed by atoms with E-state index in [0.29, 0.717) is 0 Å². The van der Waals surface area contributed by atoms with Crippen LogP contribution >= 0.6 is 0 Å². The fourth-order valence-electron chi connectivity index (χ4n) is 2.74. The Bertz CT molecular complexity index is 604. The van der Waals surface area contributed by atoms with Gasteiger partial charge in [-0.2, -0.15) is 4.57 Å². The van der Waals surface area contributed by atoms with Crippen molar-refractivity contribution in [2.75, 3.05) is 0 Å². The molecule has 0 spiro atoms. The van der Waals surface area contributed by atoms with Crippen molar-refractivity contribution in [3.63, 3.8) is 0 Å². The molecule has 90 valence electrons. The van der Waals surface area contributed by atoms with Gasteiger partial charge in [0.25, 0.3) is 0 Å². The lowest BCUT2D eigenvalue weighted by atomic mass is 9.87. The lowest BCUT2D eigenvalue weighted by Gasteiger charge is -2.20. The minimum Gasteiger partial charge on any atom is -0.287 e. The van der Waals surface area contributed by atoms with Crippen molar-refractivity contribution in [2.45, 2.75) is 25.8 Å². The van der Waals surface area contributed by atoms with Crippen molar-refractivity contribution in [2.24, 2.45) is 0 Å². The van der Waals surface area contributed by atoms with Gasteiger partial charge in [-0.25, -0.2) is 0 Å². The topological polar surface area (TPSA) is 20.9 Å². The van der Waals surface area contributed by atoms with E-state index in [1.165, 1.54) is 5.56 Å². The van der Waals surface area contributed by atoms with Gasteiger partial charge in [-0.05, 0) is 12.0 Å². The molecule has 0 saturated heterocycles. The Morgan fingerprint density at radius 2 is 1.89 bits per heavy atom. The molecule has 1 aromatic carbocycles. The third kappa shape index (κ3) is 1.74. The maximum Gasteiger partial charge on any atom is 0.230 e. The van der Waals surface area contributed by atoms with Crippen LogP contribution in [0.2, 0.25) is 0 Å². The maximum atomic E-state index is 12.5. The highest BCUT2D eigenvalue weighted by Crippen LogP contribution is 2.25. The SMILES string of the molecule is Cc1cccc[n+]1[C@H]1CCc2ccccc2C1=O. The number of hydrogen-bond donors (Lipinski definition) is 0. The van der Waals surface area contributed by atoms with E-state index in [4.69, 9.17) is 0 Å². The second-order valence-electron chi connectivity index (χ2n) is 4.83. The van der Waals surface area contributed by atoms with Crippen LogP contribution in [-0.2, 0) is 6.42 Å². The first-order valence-electron chi connectivity index (χ1n) is 6.36.